The molecular formula is C16H21FN2O. The second-order valence-corrected chi connectivity index (χ2v) is 5.49. The Labute approximate surface area is 119 Å². The quantitative estimate of drug-likeness (QED) is 0.899. The molecule has 1 saturated heterocycles. The molecule has 1 atom stereocenters. The van der Waals surface area contributed by atoms with E-state index in [1.807, 2.05) is 6.07 Å². The Morgan fingerprint density at radius 2 is 2.20 bits per heavy atom. The van der Waals surface area contributed by atoms with E-state index in [-0.39, 0.29) is 5.82 Å². The third-order valence-electron chi connectivity index (χ3n) is 3.84. The molecule has 0 radical (unpaired) electrons. The molecule has 2 rings (SSSR count). The molecule has 1 aromatic carbocycles. The molecular weight excluding hydrogens is 255 g/mol. The summed E-state index contributed by atoms with van der Waals surface area (Å²) >= 11 is 0. The fourth-order valence-corrected chi connectivity index (χ4v) is 2.63. The summed E-state index contributed by atoms with van der Waals surface area (Å²) < 4.78 is 19.0. The van der Waals surface area contributed by atoms with Crippen LogP contribution in [0, 0.1) is 23.1 Å². The maximum Gasteiger partial charge on any atom is 0.127 e. The molecule has 3 nitrogen and oxygen atoms in total. The normalized spacial score (nSPS) is 17.6. The smallest absolute Gasteiger partial charge is 0.127 e. The lowest BCUT2D eigenvalue weighted by molar-refractivity contribution is 0.0611. The number of benzene rings is 1. The summed E-state index contributed by atoms with van der Waals surface area (Å²) in [6.07, 6.45) is 3.32. The van der Waals surface area contributed by atoms with E-state index in [0.29, 0.717) is 29.6 Å². The zero-order valence-corrected chi connectivity index (χ0v) is 11.9. The summed E-state index contributed by atoms with van der Waals surface area (Å²) in [5.74, 6) is 0.441. The molecule has 1 aromatic rings. The number of hydrogen-bond acceptors (Lipinski definition) is 3. The van der Waals surface area contributed by atoms with Crippen molar-refractivity contribution in [2.24, 2.45) is 5.92 Å². The minimum Gasteiger partial charge on any atom is -0.381 e. The van der Waals surface area contributed by atoms with Crippen molar-refractivity contribution in [2.75, 3.05) is 13.2 Å². The zero-order valence-electron chi connectivity index (χ0n) is 11.9. The van der Waals surface area contributed by atoms with Gasteiger partial charge in [-0.25, -0.2) is 4.39 Å². The third kappa shape index (κ3) is 4.29. The summed E-state index contributed by atoms with van der Waals surface area (Å²) in [5.41, 5.74) is 1.06. The molecule has 1 heterocycles. The Balaban J connectivity index is 1.83. The van der Waals surface area contributed by atoms with Crippen LogP contribution in [0.2, 0.25) is 0 Å². The van der Waals surface area contributed by atoms with Gasteiger partial charge in [0.25, 0.3) is 0 Å². The lowest BCUT2D eigenvalue weighted by atomic mass is 9.93. The molecule has 1 aliphatic heterocycles. The van der Waals surface area contributed by atoms with Crippen molar-refractivity contribution in [1.82, 2.24) is 5.32 Å². The third-order valence-corrected chi connectivity index (χ3v) is 3.84. The molecule has 0 aromatic heterocycles. The highest BCUT2D eigenvalue weighted by Gasteiger charge is 2.16. The molecule has 0 bridgehead atoms. The molecule has 1 aliphatic rings. The average molecular weight is 276 g/mol. The van der Waals surface area contributed by atoms with Crippen LogP contribution in [0.25, 0.3) is 0 Å². The van der Waals surface area contributed by atoms with Crippen molar-refractivity contribution in [2.45, 2.75) is 38.8 Å². The summed E-state index contributed by atoms with van der Waals surface area (Å²) in [5, 5.41) is 12.2. The van der Waals surface area contributed by atoms with Gasteiger partial charge in [-0.1, -0.05) is 0 Å². The van der Waals surface area contributed by atoms with E-state index in [1.54, 1.807) is 6.07 Å². The molecule has 1 unspecified atom stereocenters. The number of halogens is 1. The first kappa shape index (κ1) is 15.0. The number of rotatable bonds is 5. The molecule has 4 heteroatoms. The van der Waals surface area contributed by atoms with Crippen LogP contribution in [0.1, 0.15) is 37.3 Å². The standard InChI is InChI=1S/C16H21FN2O/c1-12(8-13-4-6-20-7-5-13)19-11-15-9-14(10-18)2-3-16(15)17/h2-3,9,12-13,19H,4-8,11H2,1H3. The van der Waals surface area contributed by atoms with Gasteiger partial charge in [0.15, 0.2) is 0 Å². The maximum atomic E-state index is 13.6. The first-order chi connectivity index (χ1) is 9.69. The number of ether oxygens (including phenoxy) is 1. The highest BCUT2D eigenvalue weighted by molar-refractivity contribution is 5.33. The number of hydrogen-bond donors (Lipinski definition) is 1. The Morgan fingerprint density at radius 1 is 1.45 bits per heavy atom. The van der Waals surface area contributed by atoms with Crippen molar-refractivity contribution < 1.29 is 9.13 Å². The Morgan fingerprint density at radius 3 is 2.90 bits per heavy atom. The van der Waals surface area contributed by atoms with Crippen molar-refractivity contribution in [3.8, 4) is 6.07 Å². The molecule has 0 saturated carbocycles. The fraction of sp³-hybridized carbons (Fsp3) is 0.562. The van der Waals surface area contributed by atoms with Gasteiger partial charge in [0, 0.05) is 31.4 Å². The van der Waals surface area contributed by atoms with Gasteiger partial charge in [0.2, 0.25) is 0 Å². The van der Waals surface area contributed by atoms with E-state index in [9.17, 15) is 4.39 Å². The fourth-order valence-electron chi connectivity index (χ4n) is 2.63. The highest BCUT2D eigenvalue weighted by atomic mass is 19.1. The van der Waals surface area contributed by atoms with Gasteiger partial charge in [-0.05, 0) is 50.3 Å². The lowest BCUT2D eigenvalue weighted by Gasteiger charge is -2.25. The van der Waals surface area contributed by atoms with Crippen LogP contribution in [-0.4, -0.2) is 19.3 Å². The van der Waals surface area contributed by atoms with E-state index in [1.165, 1.54) is 12.1 Å². The van der Waals surface area contributed by atoms with Gasteiger partial charge in [-0.3, -0.25) is 0 Å². The average Bonchev–Trinajstić information content (AvgIpc) is 2.47. The van der Waals surface area contributed by atoms with Crippen LogP contribution >= 0.6 is 0 Å². The number of nitrogens with zero attached hydrogens (tertiary/aromatic N) is 1. The van der Waals surface area contributed by atoms with Crippen LogP contribution in [-0.2, 0) is 11.3 Å². The number of nitriles is 1. The van der Waals surface area contributed by atoms with Gasteiger partial charge in [0.1, 0.15) is 5.82 Å². The van der Waals surface area contributed by atoms with Crippen LogP contribution in [0.3, 0.4) is 0 Å². The summed E-state index contributed by atoms with van der Waals surface area (Å²) in [6.45, 7) is 4.31. The largest absolute Gasteiger partial charge is 0.381 e. The van der Waals surface area contributed by atoms with Gasteiger partial charge in [-0.2, -0.15) is 5.26 Å². The van der Waals surface area contributed by atoms with E-state index < -0.39 is 0 Å². The molecule has 0 amide bonds. The van der Waals surface area contributed by atoms with Crippen LogP contribution in [0.4, 0.5) is 4.39 Å². The lowest BCUT2D eigenvalue weighted by Crippen LogP contribution is -2.30. The Hall–Kier alpha value is -1.44. The van der Waals surface area contributed by atoms with Crippen LogP contribution in [0.5, 0.6) is 0 Å². The van der Waals surface area contributed by atoms with Crippen molar-refractivity contribution in [3.05, 3.63) is 35.1 Å². The molecule has 20 heavy (non-hydrogen) atoms. The van der Waals surface area contributed by atoms with E-state index in [4.69, 9.17) is 10.00 Å². The second kappa shape index (κ2) is 7.37. The van der Waals surface area contributed by atoms with Crippen LogP contribution < -0.4 is 5.32 Å². The molecule has 0 aliphatic carbocycles. The van der Waals surface area contributed by atoms with Crippen molar-refractivity contribution in [3.63, 3.8) is 0 Å². The van der Waals surface area contributed by atoms with Gasteiger partial charge in [0.05, 0.1) is 11.6 Å². The summed E-state index contributed by atoms with van der Waals surface area (Å²) in [6, 6.07) is 6.85. The van der Waals surface area contributed by atoms with Crippen molar-refractivity contribution in [1.29, 1.82) is 5.26 Å². The predicted molar refractivity (Wildman–Crippen MR) is 75.6 cm³/mol. The molecule has 108 valence electrons. The molecule has 0 spiro atoms. The summed E-state index contributed by atoms with van der Waals surface area (Å²) in [7, 11) is 0. The molecule has 1 fully saturated rings. The highest BCUT2D eigenvalue weighted by Crippen LogP contribution is 2.20. The second-order valence-electron chi connectivity index (χ2n) is 5.49. The predicted octanol–water partition coefficient (Wildman–Crippen LogP) is 2.99. The van der Waals surface area contributed by atoms with Gasteiger partial charge in [-0.15, -0.1) is 0 Å². The first-order valence-electron chi connectivity index (χ1n) is 7.18. The Kier molecular flexibility index (Phi) is 5.51. The zero-order chi connectivity index (χ0) is 14.4. The van der Waals surface area contributed by atoms with E-state index >= 15 is 0 Å². The minimum absolute atomic E-state index is 0.255. The molecule has 1 N–H and O–H groups in total. The Bertz CT molecular complexity index is 478. The summed E-state index contributed by atoms with van der Waals surface area (Å²) in [4.78, 5) is 0. The van der Waals surface area contributed by atoms with Gasteiger partial charge >= 0.3 is 0 Å². The minimum atomic E-state index is -0.255. The topological polar surface area (TPSA) is 45.0 Å². The van der Waals surface area contributed by atoms with E-state index in [2.05, 4.69) is 12.2 Å². The SMILES string of the molecule is CC(CC1CCOCC1)NCc1cc(C#N)ccc1F. The first-order valence-corrected chi connectivity index (χ1v) is 7.18. The monoisotopic (exact) mass is 276 g/mol. The van der Waals surface area contributed by atoms with Crippen molar-refractivity contribution >= 4 is 0 Å². The number of nitrogens with one attached hydrogen (secondary N) is 1. The van der Waals surface area contributed by atoms with Crippen LogP contribution in [0.15, 0.2) is 18.2 Å². The van der Waals surface area contributed by atoms with Gasteiger partial charge < -0.3 is 10.1 Å². The van der Waals surface area contributed by atoms with E-state index in [0.717, 1.165) is 32.5 Å². The maximum absolute atomic E-state index is 13.6.